The summed E-state index contributed by atoms with van der Waals surface area (Å²) in [7, 11) is 0. The Balaban J connectivity index is 2.21. The maximum Gasteiger partial charge on any atom is 0.257 e. The molecule has 0 aliphatic carbocycles. The summed E-state index contributed by atoms with van der Waals surface area (Å²) in [4.78, 5) is 13.9. The molecule has 1 aliphatic rings. The number of benzene rings is 1. The molecule has 0 N–H and O–H groups in total. The van der Waals surface area contributed by atoms with Crippen LogP contribution < -0.4 is 0 Å². The van der Waals surface area contributed by atoms with Crippen molar-refractivity contribution in [3.63, 3.8) is 0 Å². The van der Waals surface area contributed by atoms with Crippen molar-refractivity contribution >= 4 is 17.7 Å². The van der Waals surface area contributed by atoms with Gasteiger partial charge in [0.1, 0.15) is 5.82 Å². The van der Waals surface area contributed by atoms with Crippen molar-refractivity contribution in [3.05, 3.63) is 35.6 Å². The fourth-order valence-electron chi connectivity index (χ4n) is 1.82. The lowest BCUT2D eigenvalue weighted by atomic mass is 10.1. The van der Waals surface area contributed by atoms with Crippen LogP contribution in [0, 0.1) is 5.82 Å². The third-order valence-electron chi connectivity index (χ3n) is 2.73. The van der Waals surface area contributed by atoms with Crippen LogP contribution in [-0.2, 0) is 0 Å². The van der Waals surface area contributed by atoms with Crippen molar-refractivity contribution in [2.45, 2.75) is 13.0 Å². The average Bonchev–Trinajstić information content (AvgIpc) is 2.29. The van der Waals surface area contributed by atoms with Gasteiger partial charge in [-0.3, -0.25) is 4.79 Å². The molecule has 1 fully saturated rings. The topological polar surface area (TPSA) is 20.3 Å². The lowest BCUT2D eigenvalue weighted by molar-refractivity contribution is 0.0711. The summed E-state index contributed by atoms with van der Waals surface area (Å²) in [5, 5.41) is 0. The first-order chi connectivity index (χ1) is 7.70. The van der Waals surface area contributed by atoms with Crippen LogP contribution >= 0.6 is 11.8 Å². The van der Waals surface area contributed by atoms with Gasteiger partial charge in [0, 0.05) is 24.1 Å². The van der Waals surface area contributed by atoms with Gasteiger partial charge in [-0.05, 0) is 19.1 Å². The molecule has 86 valence electrons. The Hall–Kier alpha value is -1.03. The number of thioether (sulfide) groups is 1. The summed E-state index contributed by atoms with van der Waals surface area (Å²) in [6.07, 6.45) is 0. The van der Waals surface area contributed by atoms with Crippen molar-refractivity contribution in [1.82, 2.24) is 4.90 Å². The zero-order valence-electron chi connectivity index (χ0n) is 9.15. The predicted molar refractivity (Wildman–Crippen MR) is 64.2 cm³/mol. The summed E-state index contributed by atoms with van der Waals surface area (Å²) in [6.45, 7) is 2.71. The first-order valence-electron chi connectivity index (χ1n) is 5.33. The Bertz CT molecular complexity index is 396. The molecule has 0 bridgehead atoms. The maximum absolute atomic E-state index is 13.5. The third-order valence-corrected chi connectivity index (χ3v) is 3.92. The Morgan fingerprint density at radius 2 is 2.25 bits per heavy atom. The highest BCUT2D eigenvalue weighted by molar-refractivity contribution is 7.99. The number of nitrogens with zero attached hydrogens (tertiary/aromatic N) is 1. The zero-order chi connectivity index (χ0) is 11.5. The van der Waals surface area contributed by atoms with Crippen LogP contribution in [-0.4, -0.2) is 34.9 Å². The molecular weight excluding hydrogens is 225 g/mol. The molecule has 1 saturated heterocycles. The zero-order valence-corrected chi connectivity index (χ0v) is 9.97. The van der Waals surface area contributed by atoms with Crippen molar-refractivity contribution in [2.75, 3.05) is 18.1 Å². The van der Waals surface area contributed by atoms with Crippen molar-refractivity contribution in [2.24, 2.45) is 0 Å². The Morgan fingerprint density at radius 3 is 2.94 bits per heavy atom. The van der Waals surface area contributed by atoms with E-state index in [4.69, 9.17) is 0 Å². The molecule has 1 heterocycles. The van der Waals surface area contributed by atoms with Gasteiger partial charge in [0.2, 0.25) is 0 Å². The predicted octanol–water partition coefficient (Wildman–Crippen LogP) is 2.40. The quantitative estimate of drug-likeness (QED) is 0.750. The van der Waals surface area contributed by atoms with Gasteiger partial charge >= 0.3 is 0 Å². The first-order valence-corrected chi connectivity index (χ1v) is 6.49. The van der Waals surface area contributed by atoms with E-state index in [1.54, 1.807) is 23.1 Å². The molecule has 16 heavy (non-hydrogen) atoms. The molecule has 1 atom stereocenters. The van der Waals surface area contributed by atoms with Crippen LogP contribution in [0.25, 0.3) is 0 Å². The van der Waals surface area contributed by atoms with Crippen molar-refractivity contribution in [1.29, 1.82) is 0 Å². The smallest absolute Gasteiger partial charge is 0.257 e. The van der Waals surface area contributed by atoms with E-state index < -0.39 is 5.82 Å². The second-order valence-corrected chi connectivity index (χ2v) is 5.05. The van der Waals surface area contributed by atoms with E-state index in [1.807, 2.05) is 18.7 Å². The Labute approximate surface area is 98.8 Å². The van der Waals surface area contributed by atoms with E-state index >= 15 is 0 Å². The average molecular weight is 239 g/mol. The van der Waals surface area contributed by atoms with Crippen LogP contribution in [0.1, 0.15) is 17.3 Å². The molecule has 1 aromatic carbocycles. The van der Waals surface area contributed by atoms with E-state index in [0.29, 0.717) is 6.54 Å². The van der Waals surface area contributed by atoms with E-state index in [2.05, 4.69) is 0 Å². The molecule has 0 radical (unpaired) electrons. The van der Waals surface area contributed by atoms with Gasteiger partial charge in [0.15, 0.2) is 0 Å². The minimum atomic E-state index is -0.432. The SMILES string of the molecule is CC1CSCCN1C(=O)c1ccccc1F. The third kappa shape index (κ3) is 2.21. The largest absolute Gasteiger partial charge is 0.334 e. The summed E-state index contributed by atoms with van der Waals surface area (Å²) < 4.78 is 13.5. The number of halogens is 1. The molecule has 1 unspecified atom stereocenters. The number of hydrogen-bond acceptors (Lipinski definition) is 2. The van der Waals surface area contributed by atoms with Crippen LogP contribution in [0.5, 0.6) is 0 Å². The van der Waals surface area contributed by atoms with Crippen molar-refractivity contribution in [3.8, 4) is 0 Å². The summed E-state index contributed by atoms with van der Waals surface area (Å²) in [5.74, 6) is 1.24. The van der Waals surface area contributed by atoms with Gasteiger partial charge in [-0.2, -0.15) is 11.8 Å². The molecular formula is C12H14FNOS. The summed E-state index contributed by atoms with van der Waals surface area (Å²) in [6, 6.07) is 6.36. The maximum atomic E-state index is 13.5. The minimum Gasteiger partial charge on any atom is -0.334 e. The number of carbonyl (C=O) groups excluding carboxylic acids is 1. The highest BCUT2D eigenvalue weighted by atomic mass is 32.2. The minimum absolute atomic E-state index is 0.182. The molecule has 1 amide bonds. The lowest BCUT2D eigenvalue weighted by Crippen LogP contribution is -2.44. The molecule has 1 aliphatic heterocycles. The van der Waals surface area contributed by atoms with E-state index in [0.717, 1.165) is 11.5 Å². The van der Waals surface area contributed by atoms with Gasteiger partial charge in [-0.1, -0.05) is 12.1 Å². The van der Waals surface area contributed by atoms with E-state index in [-0.39, 0.29) is 17.5 Å². The Kier molecular flexibility index (Phi) is 3.49. The fourth-order valence-corrected chi connectivity index (χ4v) is 2.83. The number of amides is 1. The van der Waals surface area contributed by atoms with Gasteiger partial charge in [-0.25, -0.2) is 4.39 Å². The number of hydrogen-bond donors (Lipinski definition) is 0. The molecule has 0 spiro atoms. The second kappa shape index (κ2) is 4.87. The van der Waals surface area contributed by atoms with Crippen LogP contribution in [0.15, 0.2) is 24.3 Å². The molecule has 2 rings (SSSR count). The summed E-state index contributed by atoms with van der Waals surface area (Å²) in [5.41, 5.74) is 0.182. The van der Waals surface area contributed by atoms with Crippen molar-refractivity contribution < 1.29 is 9.18 Å². The van der Waals surface area contributed by atoms with Gasteiger partial charge < -0.3 is 4.90 Å². The van der Waals surface area contributed by atoms with E-state index in [1.165, 1.54) is 6.07 Å². The van der Waals surface area contributed by atoms with Gasteiger partial charge in [0.05, 0.1) is 5.56 Å². The van der Waals surface area contributed by atoms with Crippen LogP contribution in [0.3, 0.4) is 0 Å². The van der Waals surface area contributed by atoms with Crippen LogP contribution in [0.2, 0.25) is 0 Å². The van der Waals surface area contributed by atoms with E-state index in [9.17, 15) is 9.18 Å². The molecule has 2 nitrogen and oxygen atoms in total. The molecule has 0 saturated carbocycles. The standard InChI is InChI=1S/C12H14FNOS/c1-9-8-16-7-6-14(9)12(15)10-4-2-3-5-11(10)13/h2-5,9H,6-8H2,1H3. The number of rotatable bonds is 1. The van der Waals surface area contributed by atoms with Gasteiger partial charge in [0.25, 0.3) is 5.91 Å². The monoisotopic (exact) mass is 239 g/mol. The normalized spacial score (nSPS) is 20.9. The molecule has 4 heteroatoms. The highest BCUT2D eigenvalue weighted by Gasteiger charge is 2.25. The van der Waals surface area contributed by atoms with Gasteiger partial charge in [-0.15, -0.1) is 0 Å². The fraction of sp³-hybridized carbons (Fsp3) is 0.417. The lowest BCUT2D eigenvalue weighted by Gasteiger charge is -2.33. The second-order valence-electron chi connectivity index (χ2n) is 3.90. The Morgan fingerprint density at radius 1 is 1.50 bits per heavy atom. The number of carbonyl (C=O) groups is 1. The van der Waals surface area contributed by atoms with Crippen LogP contribution in [0.4, 0.5) is 4.39 Å². The molecule has 0 aromatic heterocycles. The highest BCUT2D eigenvalue weighted by Crippen LogP contribution is 2.19. The summed E-state index contributed by atoms with van der Waals surface area (Å²) >= 11 is 1.84. The first kappa shape index (κ1) is 11.5. The molecule has 1 aromatic rings.